The summed E-state index contributed by atoms with van der Waals surface area (Å²) in [5.41, 5.74) is 0.734. The molecule has 0 saturated carbocycles. The van der Waals surface area contributed by atoms with E-state index in [9.17, 15) is 4.79 Å². The van der Waals surface area contributed by atoms with Gasteiger partial charge in [-0.1, -0.05) is 44.2 Å². The summed E-state index contributed by atoms with van der Waals surface area (Å²) in [6, 6.07) is 7.60. The molecule has 1 aromatic rings. The highest BCUT2D eigenvalue weighted by Gasteiger charge is 2.29. The van der Waals surface area contributed by atoms with Crippen LogP contribution in [-0.2, 0) is 10.3 Å². The van der Waals surface area contributed by atoms with E-state index in [1.165, 1.54) is 6.08 Å². The van der Waals surface area contributed by atoms with Crippen LogP contribution in [0.1, 0.15) is 32.3 Å². The van der Waals surface area contributed by atoms with E-state index < -0.39 is 0 Å². The molecule has 1 N–H and O–H groups in total. The van der Waals surface area contributed by atoms with Gasteiger partial charge in [-0.25, -0.2) is 0 Å². The zero-order chi connectivity index (χ0) is 12.9. The average molecular weight is 252 g/mol. The molecule has 1 rings (SSSR count). The van der Waals surface area contributed by atoms with Crippen LogP contribution >= 0.6 is 11.6 Å². The number of rotatable bonds is 5. The topological polar surface area (TPSA) is 29.1 Å². The monoisotopic (exact) mass is 251 g/mol. The lowest BCUT2D eigenvalue weighted by atomic mass is 9.84. The Morgan fingerprint density at radius 1 is 1.35 bits per heavy atom. The van der Waals surface area contributed by atoms with Gasteiger partial charge in [0.15, 0.2) is 0 Å². The molecule has 0 radical (unpaired) electrons. The van der Waals surface area contributed by atoms with Crippen molar-refractivity contribution in [2.45, 2.75) is 32.2 Å². The fourth-order valence-electron chi connectivity index (χ4n) is 1.96. The van der Waals surface area contributed by atoms with Crippen LogP contribution < -0.4 is 5.32 Å². The van der Waals surface area contributed by atoms with Crippen LogP contribution in [0.4, 0.5) is 0 Å². The van der Waals surface area contributed by atoms with Crippen molar-refractivity contribution in [1.82, 2.24) is 5.32 Å². The van der Waals surface area contributed by atoms with Crippen LogP contribution in [0.2, 0.25) is 5.02 Å². The maximum atomic E-state index is 11.5. The number of carbonyl (C=O) groups excluding carboxylic acids is 1. The zero-order valence-corrected chi connectivity index (χ0v) is 11.1. The molecule has 0 atom stereocenters. The molecule has 1 aromatic carbocycles. The summed E-state index contributed by atoms with van der Waals surface area (Å²) in [4.78, 5) is 11.5. The van der Waals surface area contributed by atoms with Gasteiger partial charge in [0.2, 0.25) is 5.91 Å². The fourth-order valence-corrected chi connectivity index (χ4v) is 2.09. The Morgan fingerprint density at radius 3 is 2.29 bits per heavy atom. The van der Waals surface area contributed by atoms with Crippen molar-refractivity contribution in [1.29, 1.82) is 0 Å². The van der Waals surface area contributed by atoms with E-state index in [-0.39, 0.29) is 11.4 Å². The molecule has 17 heavy (non-hydrogen) atoms. The smallest absolute Gasteiger partial charge is 0.244 e. The molecule has 0 aromatic heterocycles. The molecule has 92 valence electrons. The lowest BCUT2D eigenvalue weighted by Gasteiger charge is -2.33. The molecule has 1 amide bonds. The van der Waals surface area contributed by atoms with Crippen molar-refractivity contribution in [2.75, 3.05) is 0 Å². The molecule has 0 saturated heterocycles. The highest BCUT2D eigenvalue weighted by atomic mass is 35.5. The predicted octanol–water partition coefficient (Wildman–Crippen LogP) is 3.66. The maximum absolute atomic E-state index is 11.5. The van der Waals surface area contributed by atoms with Crippen LogP contribution in [0.3, 0.4) is 0 Å². The van der Waals surface area contributed by atoms with Crippen molar-refractivity contribution in [3.05, 3.63) is 47.5 Å². The van der Waals surface area contributed by atoms with Crippen molar-refractivity contribution in [3.63, 3.8) is 0 Å². The number of hydrogen-bond acceptors (Lipinski definition) is 1. The molecule has 3 heteroatoms. The van der Waals surface area contributed by atoms with Crippen molar-refractivity contribution >= 4 is 17.5 Å². The molecular formula is C14H18ClNO. The van der Waals surface area contributed by atoms with E-state index in [0.717, 1.165) is 18.4 Å². The summed E-state index contributed by atoms with van der Waals surface area (Å²) < 4.78 is 0. The van der Waals surface area contributed by atoms with E-state index in [1.54, 1.807) is 0 Å². The molecule has 2 nitrogen and oxygen atoms in total. The third-order valence-electron chi connectivity index (χ3n) is 3.15. The van der Waals surface area contributed by atoms with E-state index in [1.807, 2.05) is 24.3 Å². The van der Waals surface area contributed by atoms with Gasteiger partial charge in [-0.15, -0.1) is 0 Å². The van der Waals surface area contributed by atoms with Gasteiger partial charge in [-0.3, -0.25) is 4.79 Å². The minimum Gasteiger partial charge on any atom is -0.343 e. The molecule has 0 aliphatic carbocycles. The minimum atomic E-state index is -0.337. The van der Waals surface area contributed by atoms with Crippen LogP contribution in [0, 0.1) is 0 Å². The van der Waals surface area contributed by atoms with Gasteiger partial charge in [-0.2, -0.15) is 0 Å². The lowest BCUT2D eigenvalue weighted by molar-refractivity contribution is -0.118. The van der Waals surface area contributed by atoms with Gasteiger partial charge in [0.05, 0.1) is 5.54 Å². The zero-order valence-electron chi connectivity index (χ0n) is 10.3. The van der Waals surface area contributed by atoms with Gasteiger partial charge in [-0.05, 0) is 36.6 Å². The first-order valence-corrected chi connectivity index (χ1v) is 6.16. The Morgan fingerprint density at radius 2 is 1.88 bits per heavy atom. The van der Waals surface area contributed by atoms with Gasteiger partial charge in [0, 0.05) is 5.02 Å². The highest BCUT2D eigenvalue weighted by Crippen LogP contribution is 2.29. The van der Waals surface area contributed by atoms with Crippen molar-refractivity contribution < 1.29 is 4.79 Å². The molecule has 0 heterocycles. The predicted molar refractivity (Wildman–Crippen MR) is 72.1 cm³/mol. The standard InChI is InChI=1S/C14H18ClNO/c1-4-13(17)16-14(5-2,6-3)11-7-9-12(15)10-8-11/h4,7-10H,1,5-6H2,2-3H3,(H,16,17). The van der Waals surface area contributed by atoms with E-state index in [0.29, 0.717) is 5.02 Å². The second kappa shape index (κ2) is 5.87. The van der Waals surface area contributed by atoms with E-state index in [4.69, 9.17) is 11.6 Å². The normalized spacial score (nSPS) is 11.0. The largest absolute Gasteiger partial charge is 0.343 e. The first kappa shape index (κ1) is 13.8. The van der Waals surface area contributed by atoms with Gasteiger partial charge in [0.25, 0.3) is 0 Å². The molecule has 0 spiro atoms. The molecule has 0 fully saturated rings. The first-order chi connectivity index (χ1) is 8.07. The Bertz CT molecular complexity index is 393. The Kier molecular flexibility index (Phi) is 4.76. The van der Waals surface area contributed by atoms with Crippen LogP contribution in [0.15, 0.2) is 36.9 Å². The third-order valence-corrected chi connectivity index (χ3v) is 3.40. The lowest BCUT2D eigenvalue weighted by Crippen LogP contribution is -2.44. The number of nitrogens with one attached hydrogen (secondary N) is 1. The molecule has 0 bridgehead atoms. The molecule has 0 aliphatic heterocycles. The highest BCUT2D eigenvalue weighted by molar-refractivity contribution is 6.30. The minimum absolute atomic E-state index is 0.149. The van der Waals surface area contributed by atoms with Crippen LogP contribution in [0.25, 0.3) is 0 Å². The summed E-state index contributed by atoms with van der Waals surface area (Å²) in [6.07, 6.45) is 2.95. The van der Waals surface area contributed by atoms with Gasteiger partial charge >= 0.3 is 0 Å². The summed E-state index contributed by atoms with van der Waals surface area (Å²) in [5, 5.41) is 3.71. The Hall–Kier alpha value is -1.28. The van der Waals surface area contributed by atoms with Gasteiger partial charge < -0.3 is 5.32 Å². The fraction of sp³-hybridized carbons (Fsp3) is 0.357. The SMILES string of the molecule is C=CC(=O)NC(CC)(CC)c1ccc(Cl)cc1. The van der Waals surface area contributed by atoms with E-state index >= 15 is 0 Å². The summed E-state index contributed by atoms with van der Waals surface area (Å²) >= 11 is 5.88. The third kappa shape index (κ3) is 3.10. The van der Waals surface area contributed by atoms with Crippen LogP contribution in [-0.4, -0.2) is 5.91 Å². The van der Waals surface area contributed by atoms with Crippen molar-refractivity contribution in [2.24, 2.45) is 0 Å². The number of halogens is 1. The Labute approximate surface area is 108 Å². The average Bonchev–Trinajstić information content (AvgIpc) is 2.37. The number of carbonyl (C=O) groups is 1. The van der Waals surface area contributed by atoms with E-state index in [2.05, 4.69) is 25.7 Å². The van der Waals surface area contributed by atoms with Crippen molar-refractivity contribution in [3.8, 4) is 0 Å². The Balaban J connectivity index is 3.09. The molecule has 0 aliphatic rings. The summed E-state index contributed by atoms with van der Waals surface area (Å²) in [7, 11) is 0. The molecular weight excluding hydrogens is 234 g/mol. The number of amides is 1. The quantitative estimate of drug-likeness (QED) is 0.795. The second-order valence-electron chi connectivity index (χ2n) is 3.99. The second-order valence-corrected chi connectivity index (χ2v) is 4.43. The number of hydrogen-bond donors (Lipinski definition) is 1. The molecule has 0 unspecified atom stereocenters. The maximum Gasteiger partial charge on any atom is 0.244 e. The van der Waals surface area contributed by atoms with Gasteiger partial charge in [0.1, 0.15) is 0 Å². The summed E-state index contributed by atoms with van der Waals surface area (Å²) in [5.74, 6) is -0.149. The van der Waals surface area contributed by atoms with Crippen LogP contribution in [0.5, 0.6) is 0 Å². The first-order valence-electron chi connectivity index (χ1n) is 5.78. The summed E-state index contributed by atoms with van der Waals surface area (Å²) in [6.45, 7) is 7.60. The number of benzene rings is 1.